The molecule has 3 aromatic rings. The summed E-state index contributed by atoms with van der Waals surface area (Å²) in [7, 11) is -3.52. The first-order valence-corrected chi connectivity index (χ1v) is 12.2. The third-order valence-corrected chi connectivity index (χ3v) is 8.51. The molecule has 0 saturated heterocycles. The van der Waals surface area contributed by atoms with Crippen molar-refractivity contribution in [3.8, 4) is 23.6 Å². The third-order valence-electron chi connectivity index (χ3n) is 6.86. The quantitative estimate of drug-likeness (QED) is 0.259. The van der Waals surface area contributed by atoms with Gasteiger partial charge in [0.2, 0.25) is 0 Å². The molecule has 0 spiro atoms. The zero-order valence-corrected chi connectivity index (χ0v) is 20.0. The van der Waals surface area contributed by atoms with Crippen LogP contribution in [0.25, 0.3) is 11.3 Å². The number of carboxylic acid groups (broad SMARTS) is 1. The number of aliphatic carboxylic acids is 1. The molecule has 1 heterocycles. The van der Waals surface area contributed by atoms with Crippen molar-refractivity contribution < 1.29 is 28.9 Å². The topological polar surface area (TPSA) is 108 Å². The van der Waals surface area contributed by atoms with E-state index in [1.807, 2.05) is 24.3 Å². The number of carbonyl (C=O) groups is 1. The Kier molecular flexibility index (Phi) is 6.33. The predicted octanol–water partition coefficient (Wildman–Crippen LogP) is 4.50. The van der Waals surface area contributed by atoms with Crippen molar-refractivity contribution in [2.45, 2.75) is 36.9 Å². The second-order valence-corrected chi connectivity index (χ2v) is 10.3. The van der Waals surface area contributed by atoms with E-state index in [1.54, 1.807) is 6.07 Å². The van der Waals surface area contributed by atoms with Gasteiger partial charge in [-0.3, -0.25) is 4.98 Å². The lowest BCUT2D eigenvalue weighted by molar-refractivity contribution is -0.149. The van der Waals surface area contributed by atoms with E-state index in [0.717, 1.165) is 34.5 Å². The third kappa shape index (κ3) is 3.66. The smallest absolute Gasteiger partial charge is 0.477 e. The van der Waals surface area contributed by atoms with E-state index in [0.29, 0.717) is 12.0 Å². The molecule has 0 amide bonds. The molecule has 1 aliphatic rings. The number of hydrogen-bond donors (Lipinski definition) is 3. The van der Waals surface area contributed by atoms with E-state index in [-0.39, 0.29) is 5.56 Å². The summed E-state index contributed by atoms with van der Waals surface area (Å²) in [5.74, 6) is -2.41. The first-order valence-electron chi connectivity index (χ1n) is 11.0. The SMILES string of the molecule is C#CC(O)(C(c1ccc(F)cc1)c1cnc2c(c1)Cc1ccccc1-2)C(C(=O)O)(C(C)C)[P+](=O)O. The highest BCUT2D eigenvalue weighted by Gasteiger charge is 2.75. The molecule has 0 aliphatic heterocycles. The minimum absolute atomic E-state index is 0.284. The Hall–Kier alpha value is -3.43. The Balaban J connectivity index is 2.00. The molecule has 4 rings (SSSR count). The Morgan fingerprint density at radius 1 is 1.14 bits per heavy atom. The van der Waals surface area contributed by atoms with Crippen molar-refractivity contribution in [3.63, 3.8) is 0 Å². The Morgan fingerprint density at radius 2 is 1.80 bits per heavy atom. The minimum Gasteiger partial charge on any atom is -0.477 e. The van der Waals surface area contributed by atoms with Gasteiger partial charge in [-0.1, -0.05) is 62.2 Å². The van der Waals surface area contributed by atoms with Crippen molar-refractivity contribution in [1.82, 2.24) is 4.98 Å². The van der Waals surface area contributed by atoms with Gasteiger partial charge in [0.05, 0.1) is 11.6 Å². The number of benzene rings is 2. The Morgan fingerprint density at radius 3 is 2.37 bits per heavy atom. The number of aliphatic hydroxyl groups is 1. The first-order chi connectivity index (χ1) is 16.6. The number of carboxylic acids is 1. The van der Waals surface area contributed by atoms with Crippen LogP contribution in [0.3, 0.4) is 0 Å². The summed E-state index contributed by atoms with van der Waals surface area (Å²) in [6, 6.07) is 14.6. The number of hydrogen-bond acceptors (Lipinski definition) is 4. The molecule has 2 aromatic carbocycles. The van der Waals surface area contributed by atoms with E-state index in [4.69, 9.17) is 6.42 Å². The second-order valence-electron chi connectivity index (χ2n) is 9.00. The number of fused-ring (bicyclic) bond motifs is 3. The summed E-state index contributed by atoms with van der Waals surface area (Å²) in [4.78, 5) is 27.5. The van der Waals surface area contributed by atoms with Gasteiger partial charge in [-0.15, -0.1) is 6.42 Å². The van der Waals surface area contributed by atoms with Crippen LogP contribution in [0.1, 0.15) is 42.0 Å². The molecular weight excluding hydrogens is 468 g/mol. The fourth-order valence-electron chi connectivity index (χ4n) is 5.22. The summed E-state index contributed by atoms with van der Waals surface area (Å²) in [5.41, 5.74) is 1.60. The lowest BCUT2D eigenvalue weighted by Crippen LogP contribution is -2.62. The number of halogens is 1. The first kappa shape index (κ1) is 24.7. The van der Waals surface area contributed by atoms with Gasteiger partial charge >= 0.3 is 19.2 Å². The molecule has 0 fully saturated rings. The number of aromatic nitrogens is 1. The van der Waals surface area contributed by atoms with Gasteiger partial charge in [0, 0.05) is 24.1 Å². The minimum atomic E-state index is -3.52. The van der Waals surface area contributed by atoms with Crippen LogP contribution >= 0.6 is 8.03 Å². The van der Waals surface area contributed by atoms with E-state index in [1.165, 1.54) is 32.2 Å². The standard InChI is InChI=1S/C27H23FNO5P/c1-4-26(32,27(16(2)3,25(30)31)35(33)34)23(17-9-11-21(28)12-10-17)20-14-19-13-18-7-5-6-8-22(18)24(19)29-15-20/h1,5-12,14-16,23,32H,13H2,2-3H3,(H-,30,31,33,34)/p+1. The van der Waals surface area contributed by atoms with Crippen LogP contribution < -0.4 is 0 Å². The number of terminal acetylenes is 1. The number of nitrogens with zero attached hydrogens (tertiary/aromatic N) is 1. The van der Waals surface area contributed by atoms with Gasteiger partial charge in [0.1, 0.15) is 5.82 Å². The van der Waals surface area contributed by atoms with Gasteiger partial charge in [-0.2, -0.15) is 4.89 Å². The maximum atomic E-state index is 13.8. The van der Waals surface area contributed by atoms with Gasteiger partial charge in [-0.25, -0.2) is 9.18 Å². The largest absolute Gasteiger partial charge is 0.528 e. The molecule has 8 heteroatoms. The molecule has 3 N–H and O–H groups in total. The highest BCUT2D eigenvalue weighted by atomic mass is 31.1. The molecule has 0 radical (unpaired) electrons. The average molecular weight is 492 g/mol. The summed E-state index contributed by atoms with van der Waals surface area (Å²) >= 11 is 0. The summed E-state index contributed by atoms with van der Waals surface area (Å²) in [6.07, 6.45) is 7.85. The van der Waals surface area contributed by atoms with Crippen LogP contribution in [0.15, 0.2) is 60.8 Å². The predicted molar refractivity (Wildman–Crippen MR) is 130 cm³/mol. The Labute approximate surface area is 203 Å². The number of pyridine rings is 1. The molecule has 35 heavy (non-hydrogen) atoms. The lowest BCUT2D eigenvalue weighted by atomic mass is 9.67. The summed E-state index contributed by atoms with van der Waals surface area (Å²) in [5, 5.41) is 19.6. The van der Waals surface area contributed by atoms with Crippen LogP contribution in [-0.2, 0) is 15.8 Å². The normalized spacial score (nSPS) is 16.9. The highest BCUT2D eigenvalue weighted by Crippen LogP contribution is 2.56. The van der Waals surface area contributed by atoms with E-state index in [9.17, 15) is 28.9 Å². The van der Waals surface area contributed by atoms with Crippen LogP contribution in [0.5, 0.6) is 0 Å². The van der Waals surface area contributed by atoms with Crippen molar-refractivity contribution in [2.24, 2.45) is 5.92 Å². The molecule has 178 valence electrons. The van der Waals surface area contributed by atoms with E-state index in [2.05, 4.69) is 10.9 Å². The van der Waals surface area contributed by atoms with Crippen molar-refractivity contribution in [1.29, 1.82) is 0 Å². The summed E-state index contributed by atoms with van der Waals surface area (Å²) in [6.45, 7) is 2.83. The highest BCUT2D eigenvalue weighted by molar-refractivity contribution is 7.41. The van der Waals surface area contributed by atoms with Crippen LogP contribution in [0.2, 0.25) is 0 Å². The van der Waals surface area contributed by atoms with Crippen LogP contribution in [-0.4, -0.2) is 36.8 Å². The van der Waals surface area contributed by atoms with Gasteiger partial charge < -0.3 is 10.2 Å². The van der Waals surface area contributed by atoms with Crippen LogP contribution in [0.4, 0.5) is 4.39 Å². The Bertz CT molecular complexity index is 1350. The monoisotopic (exact) mass is 492 g/mol. The molecular formula is C27H24FNO5P+. The summed E-state index contributed by atoms with van der Waals surface area (Å²) < 4.78 is 26.5. The van der Waals surface area contributed by atoms with Crippen molar-refractivity contribution in [3.05, 3.63) is 88.9 Å². The molecule has 1 aromatic heterocycles. The molecule has 4 unspecified atom stereocenters. The fraction of sp³-hybridized carbons (Fsp3) is 0.259. The lowest BCUT2D eigenvalue weighted by Gasteiger charge is -2.40. The number of rotatable bonds is 7. The van der Waals surface area contributed by atoms with Crippen molar-refractivity contribution >= 4 is 14.0 Å². The zero-order chi connectivity index (χ0) is 25.5. The average Bonchev–Trinajstić information content (AvgIpc) is 3.18. The van der Waals surface area contributed by atoms with E-state index < -0.39 is 42.4 Å². The molecule has 4 atom stereocenters. The van der Waals surface area contributed by atoms with Gasteiger partial charge in [0.15, 0.2) is 5.60 Å². The second kappa shape index (κ2) is 8.98. The van der Waals surface area contributed by atoms with Crippen LogP contribution in [0, 0.1) is 24.1 Å². The zero-order valence-electron chi connectivity index (χ0n) is 19.1. The fourth-order valence-corrected chi connectivity index (χ4v) is 6.31. The molecule has 1 aliphatic carbocycles. The van der Waals surface area contributed by atoms with Gasteiger partial charge in [0.25, 0.3) is 0 Å². The van der Waals surface area contributed by atoms with E-state index >= 15 is 0 Å². The molecule has 0 bridgehead atoms. The molecule has 0 saturated carbocycles. The maximum absolute atomic E-state index is 13.8. The van der Waals surface area contributed by atoms with Crippen molar-refractivity contribution in [2.75, 3.05) is 0 Å². The maximum Gasteiger partial charge on any atom is 0.528 e. The van der Waals surface area contributed by atoms with Gasteiger partial charge in [-0.05, 0) is 39.0 Å². The molecule has 6 nitrogen and oxygen atoms in total.